The highest BCUT2D eigenvalue weighted by Crippen LogP contribution is 2.34. The van der Waals surface area contributed by atoms with Crippen molar-refractivity contribution in [1.29, 1.82) is 0 Å². The van der Waals surface area contributed by atoms with Crippen LogP contribution >= 0.6 is 0 Å². The Bertz CT molecular complexity index is 733. The maximum Gasteiger partial charge on any atom is 0.408 e. The number of nitrogens with zero attached hydrogens (tertiary/aromatic N) is 1. The van der Waals surface area contributed by atoms with Gasteiger partial charge in [-0.25, -0.2) is 14.6 Å². The summed E-state index contributed by atoms with van der Waals surface area (Å²) in [4.78, 5) is 27.6. The number of anilines is 1. The molecule has 1 saturated carbocycles. The maximum absolute atomic E-state index is 11.6. The molecule has 0 spiro atoms. The predicted molar refractivity (Wildman–Crippen MR) is 113 cm³/mol. The summed E-state index contributed by atoms with van der Waals surface area (Å²) in [7, 11) is 0. The number of rotatable bonds is 10. The van der Waals surface area contributed by atoms with Crippen LogP contribution in [-0.2, 0) is 27.1 Å². The van der Waals surface area contributed by atoms with E-state index in [1.807, 2.05) is 0 Å². The Morgan fingerprint density at radius 3 is 2.87 bits per heavy atom. The first-order valence-corrected chi connectivity index (χ1v) is 10.9. The highest BCUT2D eigenvalue weighted by molar-refractivity contribution is 5.79. The molecule has 2 aliphatic rings. The summed E-state index contributed by atoms with van der Waals surface area (Å²) >= 11 is 0. The summed E-state index contributed by atoms with van der Waals surface area (Å²) < 4.78 is 10.7. The van der Waals surface area contributed by atoms with Crippen molar-refractivity contribution in [1.82, 2.24) is 10.3 Å². The van der Waals surface area contributed by atoms with Crippen molar-refractivity contribution in [2.45, 2.75) is 77.0 Å². The second kappa shape index (κ2) is 10.6. The molecule has 3 rings (SSSR count). The largest absolute Gasteiger partial charge is 0.480 e. The smallest absolute Gasteiger partial charge is 0.408 e. The molecule has 0 radical (unpaired) electrons. The van der Waals surface area contributed by atoms with Crippen LogP contribution in [0, 0.1) is 5.92 Å². The fraction of sp³-hybridized carbons (Fsp3) is 0.682. The zero-order valence-electron chi connectivity index (χ0n) is 17.9. The van der Waals surface area contributed by atoms with Crippen LogP contribution < -0.4 is 10.6 Å². The normalized spacial score (nSPS) is 21.2. The third-order valence-electron chi connectivity index (χ3n) is 5.65. The van der Waals surface area contributed by atoms with Crippen molar-refractivity contribution < 1.29 is 24.2 Å². The summed E-state index contributed by atoms with van der Waals surface area (Å²) in [6, 6.07) is 3.33. The number of pyridine rings is 1. The third kappa shape index (κ3) is 6.58. The molecule has 1 atom stereocenters. The molecule has 1 aromatic heterocycles. The highest BCUT2D eigenvalue weighted by atomic mass is 16.6. The standard InChI is InChI=1S/C22H33N3O5/c1-14(2)30-22(28)25-19(21(26)27)9-11-29-18-12-15(13-18)5-7-17-8-6-16-4-3-10-23-20(16)24-17/h6,8,14-15,18-19H,3-5,7,9-13H2,1-2H3,(H,23,24)(H,25,28)(H,26,27). The molecular formula is C22H33N3O5. The first kappa shape index (κ1) is 22.3. The number of carbonyl (C=O) groups excluding carboxylic acids is 1. The lowest BCUT2D eigenvalue weighted by Crippen LogP contribution is -2.43. The van der Waals surface area contributed by atoms with Gasteiger partial charge in [-0.1, -0.05) is 6.07 Å². The quantitative estimate of drug-likeness (QED) is 0.534. The molecule has 0 bridgehead atoms. The predicted octanol–water partition coefficient (Wildman–Crippen LogP) is 3.15. The summed E-state index contributed by atoms with van der Waals surface area (Å²) in [5.41, 5.74) is 2.45. The van der Waals surface area contributed by atoms with Crippen LogP contribution in [0.15, 0.2) is 12.1 Å². The van der Waals surface area contributed by atoms with Gasteiger partial charge in [0.05, 0.1) is 12.2 Å². The van der Waals surface area contributed by atoms with Gasteiger partial charge in [-0.2, -0.15) is 0 Å². The first-order chi connectivity index (χ1) is 14.4. The van der Waals surface area contributed by atoms with Crippen LogP contribution in [0.4, 0.5) is 10.6 Å². The van der Waals surface area contributed by atoms with Crippen LogP contribution in [0.1, 0.15) is 57.2 Å². The molecule has 3 N–H and O–H groups in total. The zero-order valence-corrected chi connectivity index (χ0v) is 17.9. The average molecular weight is 420 g/mol. The molecule has 1 aliphatic heterocycles. The fourth-order valence-electron chi connectivity index (χ4n) is 3.91. The van der Waals surface area contributed by atoms with Crippen molar-refractivity contribution in [2.75, 3.05) is 18.5 Å². The highest BCUT2D eigenvalue weighted by Gasteiger charge is 2.30. The molecule has 1 fully saturated rings. The van der Waals surface area contributed by atoms with Crippen molar-refractivity contribution >= 4 is 17.9 Å². The number of carbonyl (C=O) groups is 2. The third-order valence-corrected chi connectivity index (χ3v) is 5.65. The van der Waals surface area contributed by atoms with Crippen LogP contribution in [0.3, 0.4) is 0 Å². The minimum Gasteiger partial charge on any atom is -0.480 e. The second-order valence-corrected chi connectivity index (χ2v) is 8.49. The number of amides is 1. The number of ether oxygens (including phenoxy) is 2. The minimum atomic E-state index is -1.09. The van der Waals surface area contributed by atoms with Crippen LogP contribution in [0.5, 0.6) is 0 Å². The van der Waals surface area contributed by atoms with E-state index in [1.165, 1.54) is 12.0 Å². The van der Waals surface area contributed by atoms with E-state index in [0.29, 0.717) is 12.5 Å². The van der Waals surface area contributed by atoms with Gasteiger partial charge in [-0.05, 0) is 69.9 Å². The summed E-state index contributed by atoms with van der Waals surface area (Å²) in [6.45, 7) is 4.73. The number of alkyl carbamates (subject to hydrolysis) is 1. The van der Waals surface area contributed by atoms with E-state index in [4.69, 9.17) is 14.5 Å². The molecule has 1 amide bonds. The summed E-state index contributed by atoms with van der Waals surface area (Å²) in [6.07, 6.45) is 5.69. The molecule has 0 saturated heterocycles. The molecule has 166 valence electrons. The van der Waals surface area contributed by atoms with Gasteiger partial charge in [0.1, 0.15) is 11.9 Å². The fourth-order valence-corrected chi connectivity index (χ4v) is 3.91. The Morgan fingerprint density at radius 2 is 2.13 bits per heavy atom. The topological polar surface area (TPSA) is 110 Å². The van der Waals surface area contributed by atoms with Crippen molar-refractivity contribution in [3.8, 4) is 0 Å². The van der Waals surface area contributed by atoms with Gasteiger partial charge < -0.3 is 25.2 Å². The van der Waals surface area contributed by atoms with Gasteiger partial charge >= 0.3 is 12.1 Å². The monoisotopic (exact) mass is 419 g/mol. The van der Waals surface area contributed by atoms with Gasteiger partial charge in [0.15, 0.2) is 0 Å². The number of aryl methyl sites for hydroxylation is 2. The first-order valence-electron chi connectivity index (χ1n) is 10.9. The Balaban J connectivity index is 1.31. The van der Waals surface area contributed by atoms with Gasteiger partial charge in [-0.3, -0.25) is 0 Å². The van der Waals surface area contributed by atoms with E-state index < -0.39 is 18.1 Å². The number of carboxylic acid groups (broad SMARTS) is 1. The Kier molecular flexibility index (Phi) is 7.90. The molecule has 1 aromatic rings. The van der Waals surface area contributed by atoms with E-state index >= 15 is 0 Å². The van der Waals surface area contributed by atoms with E-state index in [9.17, 15) is 14.7 Å². The lowest BCUT2D eigenvalue weighted by molar-refractivity contribution is -0.140. The molecule has 1 unspecified atom stereocenters. The van der Waals surface area contributed by atoms with E-state index in [0.717, 1.165) is 50.2 Å². The molecule has 8 nitrogen and oxygen atoms in total. The lowest BCUT2D eigenvalue weighted by Gasteiger charge is -2.35. The maximum atomic E-state index is 11.6. The van der Waals surface area contributed by atoms with Crippen molar-refractivity contribution in [2.24, 2.45) is 5.92 Å². The Hall–Kier alpha value is -2.35. The molecule has 8 heteroatoms. The van der Waals surface area contributed by atoms with Crippen LogP contribution in [-0.4, -0.2) is 53.6 Å². The van der Waals surface area contributed by atoms with Gasteiger partial charge in [0.2, 0.25) is 0 Å². The van der Waals surface area contributed by atoms with E-state index in [2.05, 4.69) is 22.8 Å². The van der Waals surface area contributed by atoms with Crippen LogP contribution in [0.2, 0.25) is 0 Å². The number of carboxylic acids is 1. The molecule has 2 heterocycles. The SMILES string of the molecule is CC(C)OC(=O)NC(CCOC1CC(CCc2ccc3c(n2)NCCC3)C1)C(=O)O. The van der Waals surface area contributed by atoms with Gasteiger partial charge in [0, 0.05) is 25.3 Å². The Labute approximate surface area is 177 Å². The van der Waals surface area contributed by atoms with E-state index in [1.54, 1.807) is 13.8 Å². The van der Waals surface area contributed by atoms with Gasteiger partial charge in [-0.15, -0.1) is 0 Å². The second-order valence-electron chi connectivity index (χ2n) is 8.49. The number of nitrogens with one attached hydrogen (secondary N) is 2. The molecule has 0 aromatic carbocycles. The number of hydrogen-bond acceptors (Lipinski definition) is 6. The summed E-state index contributed by atoms with van der Waals surface area (Å²) in [5, 5.41) is 15.0. The minimum absolute atomic E-state index is 0.171. The van der Waals surface area contributed by atoms with E-state index in [-0.39, 0.29) is 18.6 Å². The van der Waals surface area contributed by atoms with Crippen molar-refractivity contribution in [3.05, 3.63) is 23.4 Å². The molecule has 30 heavy (non-hydrogen) atoms. The number of hydrogen-bond donors (Lipinski definition) is 3. The van der Waals surface area contributed by atoms with Crippen LogP contribution in [0.25, 0.3) is 0 Å². The summed E-state index contributed by atoms with van der Waals surface area (Å²) in [5.74, 6) is 0.584. The number of aliphatic carboxylic acids is 1. The lowest BCUT2D eigenvalue weighted by atomic mass is 9.79. The van der Waals surface area contributed by atoms with Gasteiger partial charge in [0.25, 0.3) is 0 Å². The Morgan fingerprint density at radius 1 is 1.33 bits per heavy atom. The zero-order chi connectivity index (χ0) is 21.5. The van der Waals surface area contributed by atoms with Crippen molar-refractivity contribution in [3.63, 3.8) is 0 Å². The number of aromatic nitrogens is 1. The number of fused-ring (bicyclic) bond motifs is 1. The molecule has 1 aliphatic carbocycles. The molecular weight excluding hydrogens is 386 g/mol. The average Bonchev–Trinajstić information content (AvgIpc) is 2.67.